The average molecular weight is 1170 g/mol. The van der Waals surface area contributed by atoms with E-state index < -0.39 is 0 Å². The second-order valence-electron chi connectivity index (χ2n) is 27.9. The molecule has 0 saturated heterocycles. The van der Waals surface area contributed by atoms with Crippen LogP contribution in [0.5, 0.6) is 11.5 Å². The van der Waals surface area contributed by atoms with E-state index in [1.54, 1.807) is 0 Å². The lowest BCUT2D eigenvalue weighted by Crippen LogP contribution is -2.25. The molecular formula is C82H82N4OS. The fourth-order valence-corrected chi connectivity index (χ4v) is 15.6. The number of hydrogen-bond acceptors (Lipinski definition) is 5. The lowest BCUT2D eigenvalue weighted by atomic mass is 9.70. The number of benzene rings is 10. The summed E-state index contributed by atoms with van der Waals surface area (Å²) in [7, 11) is 0. The third-order valence-corrected chi connectivity index (χ3v) is 20.4. The predicted octanol–water partition coefficient (Wildman–Crippen LogP) is 24.0. The summed E-state index contributed by atoms with van der Waals surface area (Å²) < 4.78 is 19.5. The second-order valence-corrected chi connectivity index (χ2v) is 28.4. The van der Waals surface area contributed by atoms with Gasteiger partial charge in [-0.2, -0.15) is 8.75 Å². The summed E-state index contributed by atoms with van der Waals surface area (Å²) in [6.45, 7) is 23.0. The van der Waals surface area contributed by atoms with Crippen molar-refractivity contribution in [2.45, 2.75) is 155 Å². The molecule has 0 atom stereocenters. The molecule has 88 heavy (non-hydrogen) atoms. The first-order valence-corrected chi connectivity index (χ1v) is 33.2. The summed E-state index contributed by atoms with van der Waals surface area (Å²) in [6, 6.07) is 73.7. The summed E-state index contributed by atoms with van der Waals surface area (Å²) in [5.74, 6) is 1.83. The van der Waals surface area contributed by atoms with Crippen molar-refractivity contribution >= 4 is 72.4 Å². The molecule has 2 aliphatic rings. The standard InChI is InChI=1S/C82H82N4OS/c1-11-13-15-21-48-82(49-22-16-14-12-2)67-27-18-17-24-63(67)64-41-30-54(51-69(64)82)60-25-23-26-65-62(60)43-45-72-76(65)66-50-53(31-44-71(66)86(72)59-40-47-75-70(52-59)81(9,10)68-28-19-20-29-74(68)87-75)61-42-46-73(78-77(61)83-88-84-78)85(57-36-32-55(33-37-57)79(3,4)5)58-38-34-56(35-39-58)80(6,7)8/h17-20,23-47,50-52H,11-16,21-22,48-49H2,1-10H3. The minimum absolute atomic E-state index is 0.00814. The minimum atomic E-state index is -0.284. The van der Waals surface area contributed by atoms with Crippen LogP contribution < -0.4 is 9.64 Å². The quantitative estimate of drug-likeness (QED) is 0.0905. The highest BCUT2D eigenvalue weighted by molar-refractivity contribution is 7.00. The van der Waals surface area contributed by atoms with Crippen LogP contribution in [0.3, 0.4) is 0 Å². The minimum Gasteiger partial charge on any atom is -0.457 e. The zero-order chi connectivity index (χ0) is 60.7. The van der Waals surface area contributed by atoms with Gasteiger partial charge in [-0.1, -0.05) is 230 Å². The van der Waals surface area contributed by atoms with Gasteiger partial charge in [0.15, 0.2) is 0 Å². The monoisotopic (exact) mass is 1170 g/mol. The lowest BCUT2D eigenvalue weighted by Gasteiger charge is -2.34. The van der Waals surface area contributed by atoms with E-state index in [1.165, 1.54) is 153 Å². The van der Waals surface area contributed by atoms with Gasteiger partial charge in [-0.15, -0.1) is 0 Å². The Morgan fingerprint density at radius 3 is 1.74 bits per heavy atom. The van der Waals surface area contributed by atoms with E-state index in [9.17, 15) is 0 Å². The van der Waals surface area contributed by atoms with Crippen LogP contribution in [0.25, 0.3) is 82.7 Å². The first-order chi connectivity index (χ1) is 42.6. The molecular weight excluding hydrogens is 1090 g/mol. The molecule has 0 saturated carbocycles. The van der Waals surface area contributed by atoms with Gasteiger partial charge in [0, 0.05) is 55.4 Å². The highest BCUT2D eigenvalue weighted by Crippen LogP contribution is 2.56. The molecule has 10 aromatic carbocycles. The predicted molar refractivity (Wildman–Crippen MR) is 375 cm³/mol. The topological polar surface area (TPSA) is 43.2 Å². The zero-order valence-electron chi connectivity index (χ0n) is 53.2. The molecule has 2 aromatic heterocycles. The Bertz CT molecular complexity index is 4550. The molecule has 0 amide bonds. The third-order valence-electron chi connectivity index (χ3n) is 19.9. The maximum atomic E-state index is 6.67. The normalized spacial score (nSPS) is 14.1. The number of aromatic nitrogens is 3. The summed E-state index contributed by atoms with van der Waals surface area (Å²) in [5.41, 5.74) is 23.7. The maximum absolute atomic E-state index is 6.67. The molecule has 5 nitrogen and oxygen atoms in total. The SMILES string of the molecule is CCCCCCC1(CCCCCC)c2ccccc2-c2ccc(-c3cccc4c3ccc3c4c4cc(-c5ccc(N(c6ccc(C(C)(C)C)cc6)c6ccc(C(C)(C)C)cc6)c6nsnc56)ccc4n3-c3ccc4c(c3)C(C)(C)c3ccccc3O4)cc21. The van der Waals surface area contributed by atoms with Crippen LogP contribution in [0.2, 0.25) is 0 Å². The van der Waals surface area contributed by atoms with Gasteiger partial charge in [0.1, 0.15) is 22.5 Å². The van der Waals surface area contributed by atoms with Gasteiger partial charge in [-0.25, -0.2) is 0 Å². The number of ether oxygens (including phenoxy) is 1. The van der Waals surface area contributed by atoms with E-state index in [1.807, 2.05) is 0 Å². The molecule has 442 valence electrons. The van der Waals surface area contributed by atoms with Crippen LogP contribution in [0, 0.1) is 0 Å². The number of rotatable bonds is 16. The van der Waals surface area contributed by atoms with Gasteiger partial charge in [0.2, 0.25) is 0 Å². The Balaban J connectivity index is 0.951. The number of nitrogens with zero attached hydrogens (tertiary/aromatic N) is 4. The second kappa shape index (κ2) is 22.4. The Hall–Kier alpha value is -8.32. The molecule has 3 heterocycles. The van der Waals surface area contributed by atoms with Gasteiger partial charge in [-0.05, 0) is 169 Å². The van der Waals surface area contributed by atoms with Crippen molar-refractivity contribution in [1.29, 1.82) is 0 Å². The molecule has 0 bridgehead atoms. The lowest BCUT2D eigenvalue weighted by molar-refractivity contribution is 0.401. The highest BCUT2D eigenvalue weighted by Gasteiger charge is 2.42. The van der Waals surface area contributed by atoms with E-state index in [4.69, 9.17) is 13.5 Å². The number of fused-ring (bicyclic) bond motifs is 11. The van der Waals surface area contributed by atoms with Gasteiger partial charge in [0.25, 0.3) is 0 Å². The van der Waals surface area contributed by atoms with Crippen molar-refractivity contribution in [3.63, 3.8) is 0 Å². The summed E-state index contributed by atoms with van der Waals surface area (Å²) in [4.78, 5) is 2.36. The van der Waals surface area contributed by atoms with Crippen LogP contribution >= 0.6 is 11.7 Å². The van der Waals surface area contributed by atoms with E-state index >= 15 is 0 Å². The van der Waals surface area contributed by atoms with Gasteiger partial charge in [-0.3, -0.25) is 0 Å². The van der Waals surface area contributed by atoms with Crippen molar-refractivity contribution in [3.05, 3.63) is 228 Å². The van der Waals surface area contributed by atoms with Crippen LogP contribution in [-0.4, -0.2) is 13.3 Å². The van der Waals surface area contributed by atoms with E-state index in [0.29, 0.717) is 0 Å². The Morgan fingerprint density at radius 1 is 0.455 bits per heavy atom. The molecule has 0 unspecified atom stereocenters. The largest absolute Gasteiger partial charge is 0.457 e. The molecule has 0 spiro atoms. The van der Waals surface area contributed by atoms with E-state index in [-0.39, 0.29) is 21.7 Å². The molecule has 1 aliphatic carbocycles. The first-order valence-electron chi connectivity index (χ1n) is 32.5. The van der Waals surface area contributed by atoms with E-state index in [2.05, 4.69) is 273 Å². The average Bonchev–Trinajstić information content (AvgIpc) is 1.57. The van der Waals surface area contributed by atoms with Crippen LogP contribution in [0.1, 0.15) is 167 Å². The molecule has 6 heteroatoms. The number of unbranched alkanes of at least 4 members (excludes halogenated alkanes) is 6. The molecule has 14 rings (SSSR count). The number of anilines is 3. The fraction of sp³-hybridized carbons (Fsp3) is 0.293. The van der Waals surface area contributed by atoms with Crippen LogP contribution in [0.4, 0.5) is 17.1 Å². The summed E-state index contributed by atoms with van der Waals surface area (Å²) >= 11 is 1.28. The summed E-state index contributed by atoms with van der Waals surface area (Å²) in [5, 5.41) is 4.92. The number of hydrogen-bond donors (Lipinski definition) is 0. The Labute approximate surface area is 525 Å². The van der Waals surface area contributed by atoms with Crippen molar-refractivity contribution in [2.75, 3.05) is 4.90 Å². The first kappa shape index (κ1) is 57.4. The molecule has 12 aromatic rings. The molecule has 1 aliphatic heterocycles. The van der Waals surface area contributed by atoms with Crippen LogP contribution in [-0.2, 0) is 21.7 Å². The van der Waals surface area contributed by atoms with Gasteiger partial charge < -0.3 is 14.2 Å². The molecule has 0 N–H and O–H groups in total. The van der Waals surface area contributed by atoms with Crippen molar-refractivity contribution in [3.8, 4) is 50.6 Å². The summed E-state index contributed by atoms with van der Waals surface area (Å²) in [6.07, 6.45) is 12.5. The van der Waals surface area contributed by atoms with Crippen molar-refractivity contribution in [1.82, 2.24) is 13.3 Å². The van der Waals surface area contributed by atoms with Gasteiger partial charge >= 0.3 is 0 Å². The Morgan fingerprint density at radius 2 is 1.05 bits per heavy atom. The zero-order valence-corrected chi connectivity index (χ0v) is 54.0. The van der Waals surface area contributed by atoms with Crippen LogP contribution in [0.15, 0.2) is 194 Å². The van der Waals surface area contributed by atoms with Crippen molar-refractivity contribution in [2.24, 2.45) is 0 Å². The third kappa shape index (κ3) is 9.73. The smallest absolute Gasteiger partial charge is 0.131 e. The maximum Gasteiger partial charge on any atom is 0.131 e. The Kier molecular flexibility index (Phi) is 14.6. The fourth-order valence-electron chi connectivity index (χ4n) is 15.1. The molecule has 0 fully saturated rings. The van der Waals surface area contributed by atoms with E-state index in [0.717, 1.165) is 67.4 Å². The number of para-hydroxylation sites is 1. The highest BCUT2D eigenvalue weighted by atomic mass is 32.1. The van der Waals surface area contributed by atoms with Crippen molar-refractivity contribution < 1.29 is 4.74 Å². The van der Waals surface area contributed by atoms with Gasteiger partial charge in [0.05, 0.1) is 28.4 Å². The molecule has 0 radical (unpaired) electrons.